The summed E-state index contributed by atoms with van der Waals surface area (Å²) in [5.74, 6) is 1.24. The van der Waals surface area contributed by atoms with Gasteiger partial charge in [0, 0.05) is 42.0 Å². The third-order valence-corrected chi connectivity index (χ3v) is 5.12. The molecule has 0 spiro atoms. The lowest BCUT2D eigenvalue weighted by Crippen LogP contribution is -2.25. The van der Waals surface area contributed by atoms with Crippen molar-refractivity contribution in [1.29, 1.82) is 0 Å². The lowest BCUT2D eigenvalue weighted by molar-refractivity contribution is 0.392. The average molecular weight is 349 g/mol. The van der Waals surface area contributed by atoms with E-state index in [0.29, 0.717) is 17.8 Å². The molecule has 0 bridgehead atoms. The molecule has 3 heterocycles. The van der Waals surface area contributed by atoms with Crippen LogP contribution in [-0.4, -0.2) is 33.3 Å². The van der Waals surface area contributed by atoms with Crippen molar-refractivity contribution in [3.8, 4) is 17.0 Å². The Bertz CT molecular complexity index is 827. The number of anilines is 1. The average Bonchev–Trinajstić information content (AvgIpc) is 3.24. The summed E-state index contributed by atoms with van der Waals surface area (Å²) >= 11 is 0. The van der Waals surface area contributed by atoms with Crippen LogP contribution >= 0.6 is 0 Å². The minimum absolute atomic E-state index is 0.429. The Balaban J connectivity index is 1.45. The van der Waals surface area contributed by atoms with Crippen molar-refractivity contribution in [2.45, 2.75) is 37.6 Å². The Morgan fingerprint density at radius 3 is 2.69 bits per heavy atom. The van der Waals surface area contributed by atoms with Gasteiger partial charge in [0.1, 0.15) is 0 Å². The monoisotopic (exact) mass is 349 g/mol. The summed E-state index contributed by atoms with van der Waals surface area (Å²) in [6, 6.07) is 6.73. The van der Waals surface area contributed by atoms with Crippen molar-refractivity contribution in [3.05, 3.63) is 54.7 Å². The number of nitrogens with zero attached hydrogens (tertiary/aromatic N) is 3. The Hall–Kier alpha value is -2.89. The number of methoxy groups -OCH3 is 1. The van der Waals surface area contributed by atoms with Crippen LogP contribution in [-0.2, 0) is 0 Å². The number of H-pyrrole nitrogens is 1. The third kappa shape index (κ3) is 3.54. The van der Waals surface area contributed by atoms with E-state index in [2.05, 4.69) is 37.6 Å². The van der Waals surface area contributed by atoms with E-state index in [0.717, 1.165) is 29.7 Å². The van der Waals surface area contributed by atoms with Gasteiger partial charge in [-0.15, -0.1) is 0 Å². The van der Waals surface area contributed by atoms with Crippen molar-refractivity contribution < 1.29 is 4.74 Å². The fraction of sp³-hybridized carbons (Fsp3) is 0.350. The molecule has 26 heavy (non-hydrogen) atoms. The molecule has 0 amide bonds. The van der Waals surface area contributed by atoms with Crippen molar-refractivity contribution in [2.24, 2.45) is 0 Å². The Labute approximate surface area is 153 Å². The maximum atomic E-state index is 5.44. The molecular weight excluding hydrogens is 326 g/mol. The van der Waals surface area contributed by atoms with Gasteiger partial charge in [0.15, 0.2) is 0 Å². The van der Waals surface area contributed by atoms with Gasteiger partial charge in [0.2, 0.25) is 5.88 Å². The van der Waals surface area contributed by atoms with Crippen molar-refractivity contribution in [2.75, 3.05) is 12.4 Å². The molecule has 6 heteroatoms. The largest absolute Gasteiger partial charge is 0.480 e. The van der Waals surface area contributed by atoms with Crippen LogP contribution < -0.4 is 10.1 Å². The molecule has 1 aliphatic carbocycles. The number of rotatable bonds is 5. The molecule has 3 aromatic heterocycles. The summed E-state index contributed by atoms with van der Waals surface area (Å²) < 4.78 is 5.44. The quantitative estimate of drug-likeness (QED) is 0.728. The first-order valence-corrected chi connectivity index (χ1v) is 9.03. The lowest BCUT2D eigenvalue weighted by atomic mass is 9.82. The van der Waals surface area contributed by atoms with Crippen LogP contribution in [0.1, 0.15) is 37.2 Å². The van der Waals surface area contributed by atoms with E-state index in [1.165, 1.54) is 18.4 Å². The number of hydrogen-bond donors (Lipinski definition) is 2. The van der Waals surface area contributed by atoms with Crippen LogP contribution in [0.4, 0.5) is 5.69 Å². The maximum absolute atomic E-state index is 5.44. The van der Waals surface area contributed by atoms with Gasteiger partial charge in [-0.05, 0) is 49.3 Å². The molecule has 3 aromatic rings. The van der Waals surface area contributed by atoms with E-state index in [4.69, 9.17) is 4.74 Å². The summed E-state index contributed by atoms with van der Waals surface area (Å²) in [4.78, 5) is 8.70. The van der Waals surface area contributed by atoms with Crippen LogP contribution in [0.25, 0.3) is 11.1 Å². The van der Waals surface area contributed by atoms with E-state index in [1.54, 1.807) is 13.3 Å². The van der Waals surface area contributed by atoms with Gasteiger partial charge in [-0.2, -0.15) is 5.10 Å². The van der Waals surface area contributed by atoms with E-state index < -0.39 is 0 Å². The zero-order valence-electron chi connectivity index (χ0n) is 14.9. The standard InChI is InChI=1S/C20H23N5O/c1-26-20-19(9-16(11-22-20)17-12-23-24-13-17)25-18-6-4-14(5-7-18)15-3-2-8-21-10-15/h2-3,8-14,18,25H,4-7H2,1H3,(H,23,24). The molecule has 0 radical (unpaired) electrons. The van der Waals surface area contributed by atoms with E-state index in [1.807, 2.05) is 30.9 Å². The van der Waals surface area contributed by atoms with Crippen molar-refractivity contribution >= 4 is 5.69 Å². The molecule has 0 saturated heterocycles. The summed E-state index contributed by atoms with van der Waals surface area (Å²) in [7, 11) is 1.66. The fourth-order valence-electron chi connectivity index (χ4n) is 3.69. The topological polar surface area (TPSA) is 75.7 Å². The van der Waals surface area contributed by atoms with Gasteiger partial charge < -0.3 is 10.1 Å². The zero-order chi connectivity index (χ0) is 17.8. The fourth-order valence-corrected chi connectivity index (χ4v) is 3.69. The molecule has 6 nitrogen and oxygen atoms in total. The predicted molar refractivity (Wildman–Crippen MR) is 101 cm³/mol. The van der Waals surface area contributed by atoms with Crippen LogP contribution in [0.2, 0.25) is 0 Å². The molecule has 0 aromatic carbocycles. The van der Waals surface area contributed by atoms with Gasteiger partial charge in [-0.1, -0.05) is 6.07 Å². The Kier molecular flexibility index (Phi) is 4.82. The molecule has 0 atom stereocenters. The van der Waals surface area contributed by atoms with Gasteiger partial charge in [0.25, 0.3) is 0 Å². The molecular formula is C20H23N5O. The van der Waals surface area contributed by atoms with Gasteiger partial charge in [-0.25, -0.2) is 4.98 Å². The summed E-state index contributed by atoms with van der Waals surface area (Å²) in [6.07, 6.45) is 13.9. The van der Waals surface area contributed by atoms with E-state index >= 15 is 0 Å². The van der Waals surface area contributed by atoms with Gasteiger partial charge in [0.05, 0.1) is 19.0 Å². The molecule has 0 unspecified atom stereocenters. The molecule has 1 aliphatic rings. The lowest BCUT2D eigenvalue weighted by Gasteiger charge is -2.30. The van der Waals surface area contributed by atoms with Crippen LogP contribution in [0.3, 0.4) is 0 Å². The van der Waals surface area contributed by atoms with Crippen LogP contribution in [0.5, 0.6) is 5.88 Å². The summed E-state index contributed by atoms with van der Waals surface area (Å²) in [6.45, 7) is 0. The highest BCUT2D eigenvalue weighted by Gasteiger charge is 2.23. The van der Waals surface area contributed by atoms with Crippen LogP contribution in [0, 0.1) is 0 Å². The van der Waals surface area contributed by atoms with Gasteiger partial charge >= 0.3 is 0 Å². The molecule has 1 fully saturated rings. The number of aromatic amines is 1. The number of ether oxygens (including phenoxy) is 1. The first kappa shape index (κ1) is 16.6. The predicted octanol–water partition coefficient (Wildman–Crippen LogP) is 4.01. The second-order valence-electron chi connectivity index (χ2n) is 6.75. The molecule has 134 valence electrons. The van der Waals surface area contributed by atoms with Crippen molar-refractivity contribution in [1.82, 2.24) is 20.2 Å². The second kappa shape index (κ2) is 7.56. The van der Waals surface area contributed by atoms with E-state index in [9.17, 15) is 0 Å². The molecule has 4 rings (SSSR count). The first-order chi connectivity index (χ1) is 12.8. The zero-order valence-corrected chi connectivity index (χ0v) is 14.9. The van der Waals surface area contributed by atoms with Gasteiger partial charge in [-0.3, -0.25) is 10.1 Å². The third-order valence-electron chi connectivity index (χ3n) is 5.12. The van der Waals surface area contributed by atoms with Crippen molar-refractivity contribution in [3.63, 3.8) is 0 Å². The Morgan fingerprint density at radius 2 is 2.00 bits per heavy atom. The number of pyridine rings is 2. The molecule has 1 saturated carbocycles. The smallest absolute Gasteiger partial charge is 0.237 e. The minimum Gasteiger partial charge on any atom is -0.480 e. The number of nitrogens with one attached hydrogen (secondary N) is 2. The minimum atomic E-state index is 0.429. The van der Waals surface area contributed by atoms with Crippen LogP contribution in [0.15, 0.2) is 49.2 Å². The summed E-state index contributed by atoms with van der Waals surface area (Å²) in [5, 5.41) is 10.5. The molecule has 2 N–H and O–H groups in total. The normalized spacial score (nSPS) is 19.9. The highest BCUT2D eigenvalue weighted by atomic mass is 16.5. The molecule has 0 aliphatic heterocycles. The highest BCUT2D eigenvalue weighted by molar-refractivity contribution is 5.68. The number of aromatic nitrogens is 4. The second-order valence-corrected chi connectivity index (χ2v) is 6.75. The highest BCUT2D eigenvalue weighted by Crippen LogP contribution is 2.35. The first-order valence-electron chi connectivity index (χ1n) is 9.03. The number of hydrogen-bond acceptors (Lipinski definition) is 5. The SMILES string of the molecule is COc1ncc(-c2cn[nH]c2)cc1NC1CCC(c2cccnc2)CC1. The Morgan fingerprint density at radius 1 is 1.12 bits per heavy atom. The maximum Gasteiger partial charge on any atom is 0.237 e. The van der Waals surface area contributed by atoms with E-state index in [-0.39, 0.29) is 0 Å². The summed E-state index contributed by atoms with van der Waals surface area (Å²) in [5.41, 5.74) is 4.33.